The number of nitrogens with two attached hydrogens (primary N) is 1. The number of rotatable bonds is 6. The Morgan fingerprint density at radius 2 is 1.74 bits per heavy atom. The highest BCUT2D eigenvalue weighted by Gasteiger charge is 2.30. The molecule has 0 saturated heterocycles. The topological polar surface area (TPSA) is 121 Å². The average molecular weight is 542 g/mol. The summed E-state index contributed by atoms with van der Waals surface area (Å²) in [7, 11) is 1.35. The molecule has 9 nitrogen and oxygen atoms in total. The van der Waals surface area contributed by atoms with E-state index in [0.717, 1.165) is 41.9 Å². The lowest BCUT2D eigenvalue weighted by Crippen LogP contribution is -2.16. The number of fused-ring (bicyclic) bond motifs is 3. The van der Waals surface area contributed by atoms with E-state index >= 15 is 0 Å². The normalized spacial score (nSPS) is 12.9. The number of carbonyl (C=O) groups is 2. The van der Waals surface area contributed by atoms with Gasteiger partial charge in [0, 0.05) is 10.6 Å². The molecule has 0 atom stereocenters. The Morgan fingerprint density at radius 3 is 2.46 bits per heavy atom. The van der Waals surface area contributed by atoms with E-state index in [-0.39, 0.29) is 11.4 Å². The first kappa shape index (κ1) is 24.9. The van der Waals surface area contributed by atoms with E-state index in [1.807, 2.05) is 55.5 Å². The molecule has 3 aromatic heterocycles. The maximum absolute atomic E-state index is 13.9. The number of methoxy groups -OCH3 is 1. The number of aromatic nitrogens is 3. The molecule has 39 heavy (non-hydrogen) atoms. The molecule has 3 N–H and O–H groups in total. The van der Waals surface area contributed by atoms with Gasteiger partial charge in [0.15, 0.2) is 5.65 Å². The molecular formula is C29H27N5O4S. The number of nitrogens with one attached hydrogen (secondary N) is 1. The summed E-state index contributed by atoms with van der Waals surface area (Å²) in [5.74, 6) is 0.00137. The molecule has 3 heterocycles. The highest BCUT2D eigenvalue weighted by Crippen LogP contribution is 2.40. The van der Waals surface area contributed by atoms with Crippen LogP contribution >= 0.6 is 11.3 Å². The van der Waals surface area contributed by atoms with Crippen molar-refractivity contribution in [1.29, 1.82) is 0 Å². The van der Waals surface area contributed by atoms with Crippen molar-refractivity contribution < 1.29 is 19.1 Å². The van der Waals surface area contributed by atoms with E-state index in [1.54, 1.807) is 4.57 Å². The average Bonchev–Trinajstić information content (AvgIpc) is 3.45. The van der Waals surface area contributed by atoms with Crippen molar-refractivity contribution in [3.05, 3.63) is 70.1 Å². The lowest BCUT2D eigenvalue weighted by Gasteiger charge is -2.12. The molecule has 0 radical (unpaired) electrons. The molecule has 6 rings (SSSR count). The molecule has 1 amide bonds. The van der Waals surface area contributed by atoms with E-state index in [2.05, 4.69) is 5.32 Å². The van der Waals surface area contributed by atoms with Crippen LogP contribution in [0.5, 0.6) is 5.75 Å². The fraction of sp³-hybridized carbons (Fsp3) is 0.241. The highest BCUT2D eigenvalue weighted by molar-refractivity contribution is 7.17. The number of aryl methyl sites for hydroxylation is 1. The van der Waals surface area contributed by atoms with Crippen molar-refractivity contribution >= 4 is 56.2 Å². The number of anilines is 2. The SMILES string of the molecule is CCOc1ccc(-n2c(N)c(C(=O)Nc3sc4c(c3C(=O)OC)CCCC4)c3nc4ccccc4nc32)cc1. The van der Waals surface area contributed by atoms with Crippen molar-refractivity contribution in [2.75, 3.05) is 24.8 Å². The van der Waals surface area contributed by atoms with Crippen LogP contribution in [-0.4, -0.2) is 40.1 Å². The largest absolute Gasteiger partial charge is 0.494 e. The third kappa shape index (κ3) is 4.26. The Kier molecular flexibility index (Phi) is 6.40. The second kappa shape index (κ2) is 10.0. The summed E-state index contributed by atoms with van der Waals surface area (Å²) in [4.78, 5) is 37.4. The minimum Gasteiger partial charge on any atom is -0.494 e. The molecule has 0 unspecified atom stereocenters. The van der Waals surface area contributed by atoms with Gasteiger partial charge < -0.3 is 20.5 Å². The lowest BCUT2D eigenvalue weighted by molar-refractivity contribution is 0.0601. The monoisotopic (exact) mass is 541 g/mol. The molecule has 2 aromatic carbocycles. The van der Waals surface area contributed by atoms with Gasteiger partial charge in [-0.15, -0.1) is 11.3 Å². The quantitative estimate of drug-likeness (QED) is 0.271. The second-order valence-electron chi connectivity index (χ2n) is 9.27. The second-order valence-corrected chi connectivity index (χ2v) is 10.4. The Bertz CT molecular complexity index is 1740. The predicted molar refractivity (Wildman–Crippen MR) is 152 cm³/mol. The fourth-order valence-electron chi connectivity index (χ4n) is 5.14. The van der Waals surface area contributed by atoms with Gasteiger partial charge >= 0.3 is 5.97 Å². The van der Waals surface area contributed by atoms with Gasteiger partial charge in [-0.3, -0.25) is 9.36 Å². The number of esters is 1. The van der Waals surface area contributed by atoms with Crippen LogP contribution < -0.4 is 15.8 Å². The van der Waals surface area contributed by atoms with Crippen LogP contribution in [-0.2, 0) is 17.6 Å². The van der Waals surface area contributed by atoms with E-state index in [9.17, 15) is 9.59 Å². The van der Waals surface area contributed by atoms with Crippen molar-refractivity contribution in [2.45, 2.75) is 32.6 Å². The van der Waals surface area contributed by atoms with Crippen molar-refractivity contribution in [1.82, 2.24) is 14.5 Å². The summed E-state index contributed by atoms with van der Waals surface area (Å²) in [6.45, 7) is 2.47. The zero-order chi connectivity index (χ0) is 27.1. The number of hydrogen-bond donors (Lipinski definition) is 2. The first-order valence-corrected chi connectivity index (χ1v) is 13.7. The fourth-order valence-corrected chi connectivity index (χ4v) is 6.41. The summed E-state index contributed by atoms with van der Waals surface area (Å²) in [5.41, 5.74) is 11.1. The number of nitrogens with zero attached hydrogens (tertiary/aromatic N) is 3. The summed E-state index contributed by atoms with van der Waals surface area (Å²) in [6, 6.07) is 14.9. The van der Waals surface area contributed by atoms with Gasteiger partial charge in [0.25, 0.3) is 5.91 Å². The molecule has 10 heteroatoms. The van der Waals surface area contributed by atoms with Crippen molar-refractivity contribution in [3.63, 3.8) is 0 Å². The van der Waals surface area contributed by atoms with Gasteiger partial charge in [0.05, 0.1) is 30.3 Å². The van der Waals surface area contributed by atoms with Gasteiger partial charge in [-0.25, -0.2) is 14.8 Å². The Hall–Kier alpha value is -4.44. The molecule has 0 fully saturated rings. The molecule has 1 aliphatic rings. The standard InChI is InChI=1S/C29H27N5O4S/c1-3-38-17-14-12-16(13-15-17)34-25(30)23(24-26(34)32-20-10-6-5-9-19(20)31-24)27(35)33-28-22(29(36)37-2)18-8-4-7-11-21(18)39-28/h5-6,9-10,12-15H,3-4,7-8,11,30H2,1-2H3,(H,33,35). The minimum atomic E-state index is -0.462. The van der Waals surface area contributed by atoms with E-state index < -0.39 is 11.9 Å². The molecule has 0 saturated carbocycles. The van der Waals surface area contributed by atoms with Gasteiger partial charge in [-0.05, 0) is 74.6 Å². The number of benzene rings is 2. The summed E-state index contributed by atoms with van der Waals surface area (Å²) in [6.07, 6.45) is 3.69. The maximum Gasteiger partial charge on any atom is 0.341 e. The molecule has 0 spiro atoms. The third-order valence-corrected chi connectivity index (χ3v) is 8.13. The predicted octanol–water partition coefficient (Wildman–Crippen LogP) is 5.53. The Balaban J connectivity index is 1.50. The van der Waals surface area contributed by atoms with Gasteiger partial charge in [0.1, 0.15) is 27.6 Å². The van der Waals surface area contributed by atoms with E-state index in [4.69, 9.17) is 25.2 Å². The molecule has 198 valence electrons. The molecule has 1 aliphatic carbocycles. The van der Waals surface area contributed by atoms with E-state index in [0.29, 0.717) is 45.1 Å². The first-order valence-electron chi connectivity index (χ1n) is 12.8. The minimum absolute atomic E-state index is 0.194. The molecule has 5 aromatic rings. The third-order valence-electron chi connectivity index (χ3n) is 6.92. The van der Waals surface area contributed by atoms with Crippen LogP contribution in [0.4, 0.5) is 10.8 Å². The van der Waals surface area contributed by atoms with E-state index in [1.165, 1.54) is 18.4 Å². The zero-order valence-corrected chi connectivity index (χ0v) is 22.4. The Labute approximate surface area is 228 Å². The summed E-state index contributed by atoms with van der Waals surface area (Å²) >= 11 is 1.42. The molecule has 0 bridgehead atoms. The van der Waals surface area contributed by atoms with Gasteiger partial charge in [-0.2, -0.15) is 0 Å². The molecule has 0 aliphatic heterocycles. The lowest BCUT2D eigenvalue weighted by atomic mass is 9.95. The summed E-state index contributed by atoms with van der Waals surface area (Å²) < 4.78 is 12.4. The van der Waals surface area contributed by atoms with Crippen molar-refractivity contribution in [2.24, 2.45) is 0 Å². The smallest absolute Gasteiger partial charge is 0.341 e. The van der Waals surface area contributed by atoms with Crippen LogP contribution in [0.3, 0.4) is 0 Å². The van der Waals surface area contributed by atoms with Crippen LogP contribution in [0.15, 0.2) is 48.5 Å². The first-order chi connectivity index (χ1) is 19.0. The highest BCUT2D eigenvalue weighted by atomic mass is 32.1. The van der Waals surface area contributed by atoms with Crippen LogP contribution in [0.2, 0.25) is 0 Å². The van der Waals surface area contributed by atoms with Gasteiger partial charge in [0.2, 0.25) is 0 Å². The zero-order valence-electron chi connectivity index (χ0n) is 21.6. The van der Waals surface area contributed by atoms with Crippen molar-refractivity contribution in [3.8, 4) is 11.4 Å². The number of carbonyl (C=O) groups excluding carboxylic acids is 2. The van der Waals surface area contributed by atoms with Crippen LogP contribution in [0, 0.1) is 0 Å². The number of nitrogen functional groups attached to an aromatic ring is 1. The van der Waals surface area contributed by atoms with Gasteiger partial charge in [-0.1, -0.05) is 12.1 Å². The Morgan fingerprint density at radius 1 is 1.03 bits per heavy atom. The number of thiophene rings is 1. The number of ether oxygens (including phenoxy) is 2. The number of amides is 1. The maximum atomic E-state index is 13.9. The summed E-state index contributed by atoms with van der Waals surface area (Å²) in [5, 5.41) is 3.44. The molecular weight excluding hydrogens is 514 g/mol. The van der Waals surface area contributed by atoms with Crippen LogP contribution in [0.1, 0.15) is 50.9 Å². The van der Waals surface area contributed by atoms with Crippen LogP contribution in [0.25, 0.3) is 27.9 Å². The number of para-hydroxylation sites is 2. The number of hydrogen-bond acceptors (Lipinski definition) is 8.